The predicted octanol–water partition coefficient (Wildman–Crippen LogP) is 9.91. The molecular weight excluding hydrogens is 597 g/mol. The maximum Gasteiger partial charge on any atom is 0.164 e. The van der Waals surface area contributed by atoms with Crippen molar-refractivity contribution in [1.82, 2.24) is 29.9 Å². The van der Waals surface area contributed by atoms with Crippen molar-refractivity contribution in [3.63, 3.8) is 0 Å². The summed E-state index contributed by atoms with van der Waals surface area (Å²) in [4.78, 5) is 29.2. The molecule has 9 rings (SSSR count). The molecule has 0 atom stereocenters. The number of nitrogens with zero attached hydrogens (tertiary/aromatic N) is 6. The van der Waals surface area contributed by atoms with Gasteiger partial charge in [-0.3, -0.25) is 9.97 Å². The number of thiophene rings is 1. The van der Waals surface area contributed by atoms with Crippen molar-refractivity contribution in [1.29, 1.82) is 0 Å². The summed E-state index contributed by atoms with van der Waals surface area (Å²) in [6.07, 6.45) is 3.75. The molecule has 0 bridgehead atoms. The second-order valence-corrected chi connectivity index (χ2v) is 12.3. The quantitative estimate of drug-likeness (QED) is 0.191. The average Bonchev–Trinajstić information content (AvgIpc) is 3.53. The van der Waals surface area contributed by atoms with Crippen LogP contribution in [0.5, 0.6) is 0 Å². The van der Waals surface area contributed by atoms with Crippen LogP contribution in [-0.2, 0) is 0 Å². The van der Waals surface area contributed by atoms with Crippen LogP contribution in [0.15, 0.2) is 146 Å². The lowest BCUT2D eigenvalue weighted by molar-refractivity contribution is 1.07. The average molecular weight is 621 g/mol. The number of hydrogen-bond acceptors (Lipinski definition) is 7. The largest absolute Gasteiger partial charge is 0.253 e. The Morgan fingerprint density at radius 1 is 0.362 bits per heavy atom. The Labute approximate surface area is 274 Å². The Kier molecular flexibility index (Phi) is 6.54. The van der Waals surface area contributed by atoms with Gasteiger partial charge in [0, 0.05) is 38.4 Å². The highest BCUT2D eigenvalue weighted by Crippen LogP contribution is 2.35. The second-order valence-electron chi connectivity index (χ2n) is 11.2. The zero-order valence-electron chi connectivity index (χ0n) is 24.9. The van der Waals surface area contributed by atoms with Gasteiger partial charge in [0.25, 0.3) is 0 Å². The standard InChI is InChI=1S/C40H24N6S/c1-3-10-25(11-4-1)38-44-39(26-12-5-2-6-13-26)46-40(45-38)29-15-9-14-27(20-29)28-18-19-32-34(21-28)43-35(23-41-32)33-22-31-30-16-7-8-17-36(30)47-37(31)24-42-33/h1-24H. The van der Waals surface area contributed by atoms with Crippen LogP contribution < -0.4 is 0 Å². The third-order valence-corrected chi connectivity index (χ3v) is 9.34. The van der Waals surface area contributed by atoms with Gasteiger partial charge in [0.15, 0.2) is 17.5 Å². The van der Waals surface area contributed by atoms with E-state index in [-0.39, 0.29) is 0 Å². The van der Waals surface area contributed by atoms with Crippen molar-refractivity contribution < 1.29 is 0 Å². The van der Waals surface area contributed by atoms with E-state index >= 15 is 0 Å². The maximum atomic E-state index is 5.02. The molecule has 220 valence electrons. The van der Waals surface area contributed by atoms with E-state index in [0.29, 0.717) is 17.5 Å². The molecule has 0 aliphatic carbocycles. The van der Waals surface area contributed by atoms with Gasteiger partial charge in [-0.05, 0) is 41.5 Å². The van der Waals surface area contributed by atoms with E-state index in [1.807, 2.05) is 85.1 Å². The molecule has 0 saturated carbocycles. The van der Waals surface area contributed by atoms with Gasteiger partial charge in [-0.25, -0.2) is 19.9 Å². The van der Waals surface area contributed by atoms with Gasteiger partial charge < -0.3 is 0 Å². The SMILES string of the molecule is c1ccc(-c2nc(-c3ccccc3)nc(-c3cccc(-c4ccc5ncc(-c6cc7c(cn6)sc6ccccc67)nc5c4)c3)n2)cc1. The normalized spacial score (nSPS) is 11.4. The molecule has 0 radical (unpaired) electrons. The smallest absolute Gasteiger partial charge is 0.164 e. The lowest BCUT2D eigenvalue weighted by atomic mass is 10.0. The first-order chi connectivity index (χ1) is 23.2. The van der Waals surface area contributed by atoms with E-state index in [2.05, 4.69) is 54.6 Å². The summed E-state index contributed by atoms with van der Waals surface area (Å²) >= 11 is 1.76. The summed E-state index contributed by atoms with van der Waals surface area (Å²) in [7, 11) is 0. The van der Waals surface area contributed by atoms with Crippen molar-refractivity contribution in [2.45, 2.75) is 0 Å². The second kappa shape index (κ2) is 11.3. The van der Waals surface area contributed by atoms with Crippen molar-refractivity contribution in [3.8, 4) is 56.7 Å². The maximum absolute atomic E-state index is 5.02. The van der Waals surface area contributed by atoms with E-state index in [0.717, 1.165) is 54.9 Å². The highest BCUT2D eigenvalue weighted by Gasteiger charge is 2.14. The first-order valence-electron chi connectivity index (χ1n) is 15.3. The summed E-state index contributed by atoms with van der Waals surface area (Å²) in [6, 6.07) is 45.1. The first-order valence-corrected chi connectivity index (χ1v) is 16.1. The summed E-state index contributed by atoms with van der Waals surface area (Å²) in [5, 5.41) is 2.42. The highest BCUT2D eigenvalue weighted by molar-refractivity contribution is 7.25. The Morgan fingerprint density at radius 3 is 1.77 bits per heavy atom. The van der Waals surface area contributed by atoms with Crippen LogP contribution in [-0.4, -0.2) is 29.9 Å². The molecule has 9 aromatic rings. The monoisotopic (exact) mass is 620 g/mol. The summed E-state index contributed by atoms with van der Waals surface area (Å²) in [6.45, 7) is 0. The topological polar surface area (TPSA) is 77.3 Å². The third kappa shape index (κ3) is 5.09. The van der Waals surface area contributed by atoms with Gasteiger partial charge in [0.1, 0.15) is 5.69 Å². The van der Waals surface area contributed by atoms with Crippen LogP contribution in [0.1, 0.15) is 0 Å². The molecule has 6 nitrogen and oxygen atoms in total. The van der Waals surface area contributed by atoms with Crippen molar-refractivity contribution in [3.05, 3.63) is 146 Å². The minimum absolute atomic E-state index is 0.616. The van der Waals surface area contributed by atoms with Crippen LogP contribution in [0.3, 0.4) is 0 Å². The predicted molar refractivity (Wildman–Crippen MR) is 191 cm³/mol. The van der Waals surface area contributed by atoms with E-state index in [1.165, 1.54) is 15.5 Å². The Morgan fingerprint density at radius 2 is 1.00 bits per heavy atom. The number of rotatable bonds is 5. The minimum atomic E-state index is 0.616. The fraction of sp³-hybridized carbons (Fsp3) is 0. The molecule has 0 fully saturated rings. The number of aromatic nitrogens is 6. The fourth-order valence-electron chi connectivity index (χ4n) is 5.86. The minimum Gasteiger partial charge on any atom is -0.253 e. The van der Waals surface area contributed by atoms with E-state index in [1.54, 1.807) is 17.5 Å². The van der Waals surface area contributed by atoms with Crippen LogP contribution in [0.4, 0.5) is 0 Å². The van der Waals surface area contributed by atoms with Gasteiger partial charge in [-0.2, -0.15) is 0 Å². The zero-order chi connectivity index (χ0) is 31.2. The molecule has 0 saturated heterocycles. The van der Waals surface area contributed by atoms with Gasteiger partial charge in [0.2, 0.25) is 0 Å². The van der Waals surface area contributed by atoms with E-state index < -0.39 is 0 Å². The molecular formula is C40H24N6S. The first kappa shape index (κ1) is 27.2. The van der Waals surface area contributed by atoms with Crippen LogP contribution in [0, 0.1) is 0 Å². The lowest BCUT2D eigenvalue weighted by Crippen LogP contribution is -2.00. The number of pyridine rings is 1. The summed E-state index contributed by atoms with van der Waals surface area (Å²) in [5.74, 6) is 1.89. The summed E-state index contributed by atoms with van der Waals surface area (Å²) < 4.78 is 2.42. The number of benzene rings is 5. The van der Waals surface area contributed by atoms with Gasteiger partial charge in [-0.1, -0.05) is 103 Å². The van der Waals surface area contributed by atoms with Gasteiger partial charge in [0.05, 0.1) is 27.6 Å². The Bertz CT molecular complexity index is 2520. The van der Waals surface area contributed by atoms with Crippen LogP contribution in [0.25, 0.3) is 87.9 Å². The van der Waals surface area contributed by atoms with Crippen LogP contribution >= 0.6 is 11.3 Å². The fourth-order valence-corrected chi connectivity index (χ4v) is 6.92. The molecule has 0 aliphatic rings. The molecule has 0 amide bonds. The number of hydrogen-bond donors (Lipinski definition) is 0. The van der Waals surface area contributed by atoms with Crippen LogP contribution in [0.2, 0.25) is 0 Å². The molecule has 0 aliphatic heterocycles. The van der Waals surface area contributed by atoms with E-state index in [9.17, 15) is 0 Å². The van der Waals surface area contributed by atoms with Crippen molar-refractivity contribution >= 4 is 42.5 Å². The molecule has 47 heavy (non-hydrogen) atoms. The van der Waals surface area contributed by atoms with E-state index in [4.69, 9.17) is 29.9 Å². The third-order valence-electron chi connectivity index (χ3n) is 8.22. The van der Waals surface area contributed by atoms with Crippen molar-refractivity contribution in [2.24, 2.45) is 0 Å². The molecule has 0 unspecified atom stereocenters. The van der Waals surface area contributed by atoms with Gasteiger partial charge in [-0.15, -0.1) is 11.3 Å². The molecule has 0 N–H and O–H groups in total. The Hall–Kier alpha value is -6.18. The van der Waals surface area contributed by atoms with Gasteiger partial charge >= 0.3 is 0 Å². The Balaban J connectivity index is 1.11. The summed E-state index contributed by atoms with van der Waals surface area (Å²) in [5.41, 5.74) is 8.02. The molecule has 7 heteroatoms. The molecule has 5 aromatic carbocycles. The van der Waals surface area contributed by atoms with Crippen molar-refractivity contribution in [2.75, 3.05) is 0 Å². The number of fused-ring (bicyclic) bond motifs is 4. The molecule has 4 aromatic heterocycles. The lowest BCUT2D eigenvalue weighted by Gasteiger charge is -2.10. The molecule has 4 heterocycles. The molecule has 0 spiro atoms. The highest BCUT2D eigenvalue weighted by atomic mass is 32.1. The zero-order valence-corrected chi connectivity index (χ0v) is 25.8.